The third-order valence-corrected chi connectivity index (χ3v) is 8.84. The number of fused-ring (bicyclic) bond motifs is 3. The van der Waals surface area contributed by atoms with E-state index in [0.29, 0.717) is 41.1 Å². The number of piperidine rings is 1. The van der Waals surface area contributed by atoms with Gasteiger partial charge < -0.3 is 4.90 Å². The van der Waals surface area contributed by atoms with Gasteiger partial charge >= 0.3 is 0 Å². The fraction of sp³-hybridized carbons (Fsp3) is 0.448. The van der Waals surface area contributed by atoms with Crippen molar-refractivity contribution >= 4 is 28.4 Å². The van der Waals surface area contributed by atoms with Gasteiger partial charge in [-0.25, -0.2) is 9.97 Å². The van der Waals surface area contributed by atoms with Gasteiger partial charge in [-0.2, -0.15) is 5.26 Å². The number of benzene rings is 2. The third-order valence-electron chi connectivity index (χ3n) is 8.51. The van der Waals surface area contributed by atoms with E-state index >= 15 is 0 Å². The normalized spacial score (nSPS) is 27.1. The molecule has 1 aliphatic carbocycles. The topological polar surface area (TPSA) is 73.1 Å². The van der Waals surface area contributed by atoms with Crippen LogP contribution in [0.3, 0.4) is 0 Å². The zero-order valence-electron chi connectivity index (χ0n) is 20.7. The summed E-state index contributed by atoms with van der Waals surface area (Å²) in [5, 5.41) is 10.9. The van der Waals surface area contributed by atoms with Gasteiger partial charge in [0.15, 0.2) is 0 Å². The van der Waals surface area contributed by atoms with Crippen molar-refractivity contribution < 1.29 is 4.79 Å². The molecule has 3 fully saturated rings. The van der Waals surface area contributed by atoms with Gasteiger partial charge in [0.05, 0.1) is 23.8 Å². The summed E-state index contributed by atoms with van der Waals surface area (Å²) in [5.41, 5.74) is 3.80. The third kappa shape index (κ3) is 4.05. The van der Waals surface area contributed by atoms with E-state index < -0.39 is 0 Å². The van der Waals surface area contributed by atoms with Gasteiger partial charge in [0.25, 0.3) is 5.91 Å². The fourth-order valence-electron chi connectivity index (χ4n) is 6.58. The van der Waals surface area contributed by atoms with Crippen molar-refractivity contribution in [3.63, 3.8) is 0 Å². The van der Waals surface area contributed by atoms with E-state index in [1.54, 1.807) is 0 Å². The van der Waals surface area contributed by atoms with Crippen molar-refractivity contribution in [2.75, 3.05) is 13.6 Å². The number of nitrogens with zero attached hydrogens (tertiary/aromatic N) is 5. The van der Waals surface area contributed by atoms with Crippen molar-refractivity contribution in [3.05, 3.63) is 70.1 Å². The molecule has 5 atom stereocenters. The van der Waals surface area contributed by atoms with Crippen LogP contribution in [-0.2, 0) is 0 Å². The molecule has 3 aromatic rings. The lowest BCUT2D eigenvalue weighted by Crippen LogP contribution is -2.50. The van der Waals surface area contributed by atoms with Crippen LogP contribution in [0.25, 0.3) is 10.9 Å². The molecular weight excluding hydrogens is 470 g/mol. The molecule has 2 aliphatic heterocycles. The smallest absolute Gasteiger partial charge is 0.253 e. The van der Waals surface area contributed by atoms with Gasteiger partial charge in [0.1, 0.15) is 5.82 Å². The van der Waals surface area contributed by atoms with Gasteiger partial charge in [0.2, 0.25) is 0 Å². The Balaban J connectivity index is 1.18. The van der Waals surface area contributed by atoms with E-state index in [4.69, 9.17) is 21.8 Å². The monoisotopic (exact) mass is 499 g/mol. The Kier molecular flexibility index (Phi) is 5.94. The summed E-state index contributed by atoms with van der Waals surface area (Å²) in [6.07, 6.45) is 5.10. The van der Waals surface area contributed by atoms with Crippen LogP contribution >= 0.6 is 11.6 Å². The first-order chi connectivity index (χ1) is 17.4. The SMILES string of the molecule is Cc1nc([C@@H]2C[C@H]2c2ccc(C(=O)N(C)C3C[C@H]4CC[C@@H](C3)N4CC#N)cc2Cl)c2ccccc2n1. The Labute approximate surface area is 216 Å². The Morgan fingerprint density at radius 3 is 2.58 bits per heavy atom. The fourth-order valence-corrected chi connectivity index (χ4v) is 6.90. The molecule has 0 spiro atoms. The largest absolute Gasteiger partial charge is 0.339 e. The van der Waals surface area contributed by atoms with Crippen LogP contribution < -0.4 is 0 Å². The molecule has 1 amide bonds. The number of hydrogen-bond acceptors (Lipinski definition) is 5. The van der Waals surface area contributed by atoms with E-state index in [2.05, 4.69) is 22.0 Å². The number of para-hydroxylation sites is 1. The number of amides is 1. The molecule has 2 bridgehead atoms. The number of hydrogen-bond donors (Lipinski definition) is 0. The van der Waals surface area contributed by atoms with Crippen molar-refractivity contribution in [3.8, 4) is 6.07 Å². The van der Waals surface area contributed by atoms with Crippen LogP contribution in [0.5, 0.6) is 0 Å². The van der Waals surface area contributed by atoms with Crippen molar-refractivity contribution in [1.29, 1.82) is 5.26 Å². The molecule has 184 valence electrons. The Bertz CT molecular complexity index is 1370. The molecule has 1 aromatic heterocycles. The summed E-state index contributed by atoms with van der Waals surface area (Å²) in [7, 11) is 1.91. The molecule has 2 aromatic carbocycles. The number of aromatic nitrogens is 2. The first-order valence-corrected chi connectivity index (χ1v) is 13.2. The Hall–Kier alpha value is -3.01. The maximum atomic E-state index is 13.4. The lowest BCUT2D eigenvalue weighted by atomic mass is 9.95. The quantitative estimate of drug-likeness (QED) is 0.436. The molecule has 6 nitrogen and oxygen atoms in total. The standard InChI is InChI=1S/C29H30ClN5O/c1-17-32-27-6-4-3-5-23(27)28(33-17)25-16-24(25)22-10-7-18(13-26(22)30)29(36)34(2)21-14-19-8-9-20(15-21)35(19)12-11-31/h3-7,10,13,19-21,24-25H,8-9,12,14-16H2,1-2H3/t19-,20+,21?,24-,25+/m0/s1. The van der Waals surface area contributed by atoms with Crippen LogP contribution in [0.4, 0.5) is 0 Å². The molecule has 2 saturated heterocycles. The highest BCUT2D eigenvalue weighted by Crippen LogP contribution is 2.56. The molecule has 1 unspecified atom stereocenters. The molecule has 3 heterocycles. The van der Waals surface area contributed by atoms with E-state index in [1.165, 1.54) is 0 Å². The molecule has 7 heteroatoms. The van der Waals surface area contributed by atoms with Crippen molar-refractivity contribution in [1.82, 2.24) is 19.8 Å². The van der Waals surface area contributed by atoms with E-state index in [1.807, 2.05) is 55.3 Å². The molecular formula is C29H30ClN5O. The van der Waals surface area contributed by atoms with Gasteiger partial charge in [-0.15, -0.1) is 0 Å². The maximum Gasteiger partial charge on any atom is 0.253 e. The highest BCUT2D eigenvalue weighted by molar-refractivity contribution is 6.31. The second-order valence-corrected chi connectivity index (χ2v) is 11.0. The highest BCUT2D eigenvalue weighted by atomic mass is 35.5. The van der Waals surface area contributed by atoms with Crippen LogP contribution in [-0.4, -0.2) is 57.4 Å². The second kappa shape index (κ2) is 9.14. The van der Waals surface area contributed by atoms with Crippen LogP contribution in [0.1, 0.15) is 71.4 Å². The molecule has 6 rings (SSSR count). The maximum absolute atomic E-state index is 13.4. The lowest BCUT2D eigenvalue weighted by Gasteiger charge is -2.41. The number of aryl methyl sites for hydroxylation is 1. The minimum absolute atomic E-state index is 0.0198. The molecule has 1 saturated carbocycles. The molecule has 36 heavy (non-hydrogen) atoms. The first kappa shape index (κ1) is 23.4. The zero-order chi connectivity index (χ0) is 25.0. The van der Waals surface area contributed by atoms with Crippen molar-refractivity contribution in [2.45, 2.75) is 69.0 Å². The van der Waals surface area contributed by atoms with Gasteiger partial charge in [-0.3, -0.25) is 9.69 Å². The number of rotatable bonds is 5. The predicted molar refractivity (Wildman–Crippen MR) is 140 cm³/mol. The van der Waals surface area contributed by atoms with Gasteiger partial charge in [-0.05, 0) is 68.7 Å². The second-order valence-electron chi connectivity index (χ2n) is 10.6. The Morgan fingerprint density at radius 2 is 1.86 bits per heavy atom. The lowest BCUT2D eigenvalue weighted by molar-refractivity contribution is 0.0535. The van der Waals surface area contributed by atoms with Gasteiger partial charge in [-0.1, -0.05) is 35.9 Å². The molecule has 3 aliphatic rings. The molecule has 0 radical (unpaired) electrons. The number of nitriles is 1. The van der Waals surface area contributed by atoms with Gasteiger partial charge in [0, 0.05) is 47.1 Å². The number of halogens is 1. The van der Waals surface area contributed by atoms with Crippen LogP contribution in [0, 0.1) is 18.3 Å². The Morgan fingerprint density at radius 1 is 1.11 bits per heavy atom. The average Bonchev–Trinajstić information content (AvgIpc) is 3.63. The number of carbonyl (C=O) groups is 1. The van der Waals surface area contributed by atoms with Crippen LogP contribution in [0.15, 0.2) is 42.5 Å². The molecule has 0 N–H and O–H groups in total. The van der Waals surface area contributed by atoms with Crippen molar-refractivity contribution in [2.24, 2.45) is 0 Å². The van der Waals surface area contributed by atoms with E-state index in [-0.39, 0.29) is 11.9 Å². The van der Waals surface area contributed by atoms with Crippen LogP contribution in [0.2, 0.25) is 5.02 Å². The minimum Gasteiger partial charge on any atom is -0.339 e. The summed E-state index contributed by atoms with van der Waals surface area (Å²) in [4.78, 5) is 27.0. The predicted octanol–water partition coefficient (Wildman–Crippen LogP) is 5.45. The summed E-state index contributed by atoms with van der Waals surface area (Å²) >= 11 is 6.77. The minimum atomic E-state index is 0.0198. The van der Waals surface area contributed by atoms with E-state index in [0.717, 1.165) is 60.1 Å². The summed E-state index contributed by atoms with van der Waals surface area (Å²) in [6.45, 7) is 2.43. The number of carbonyl (C=O) groups excluding carboxylic acids is 1. The summed E-state index contributed by atoms with van der Waals surface area (Å²) < 4.78 is 0. The zero-order valence-corrected chi connectivity index (χ0v) is 21.4. The average molecular weight is 500 g/mol. The highest BCUT2D eigenvalue weighted by Gasteiger charge is 2.44. The summed E-state index contributed by atoms with van der Waals surface area (Å²) in [5.74, 6) is 1.42. The van der Waals surface area contributed by atoms with E-state index in [9.17, 15) is 4.79 Å². The first-order valence-electron chi connectivity index (χ1n) is 12.9. The summed E-state index contributed by atoms with van der Waals surface area (Å²) in [6, 6.07) is 17.3.